The van der Waals surface area contributed by atoms with Gasteiger partial charge in [0, 0.05) is 18.6 Å². The number of imidazole rings is 1. The molecular weight excluding hydrogens is 260 g/mol. The summed E-state index contributed by atoms with van der Waals surface area (Å²) in [5.41, 5.74) is 7.85. The van der Waals surface area contributed by atoms with Crippen LogP contribution in [0.15, 0.2) is 18.2 Å². The highest BCUT2D eigenvalue weighted by molar-refractivity contribution is 6.35. The number of aromatic nitrogens is 2. The third-order valence-corrected chi connectivity index (χ3v) is 4.32. The molecule has 102 valence electrons. The van der Waals surface area contributed by atoms with Crippen LogP contribution in [0.25, 0.3) is 11.0 Å². The maximum Gasteiger partial charge on any atom is 0.201 e. The first-order chi connectivity index (χ1) is 9.08. The summed E-state index contributed by atoms with van der Waals surface area (Å²) in [7, 11) is 2.18. The third-order valence-electron chi connectivity index (χ3n) is 4.01. The summed E-state index contributed by atoms with van der Waals surface area (Å²) >= 11 is 6.28. The van der Waals surface area contributed by atoms with Crippen LogP contribution in [0.5, 0.6) is 0 Å². The largest absolute Gasteiger partial charge is 0.369 e. The van der Waals surface area contributed by atoms with E-state index in [0.29, 0.717) is 17.0 Å². The predicted octanol–water partition coefficient (Wildman–Crippen LogP) is 2.75. The second-order valence-corrected chi connectivity index (χ2v) is 5.84. The van der Waals surface area contributed by atoms with Crippen LogP contribution in [0.4, 0.5) is 5.95 Å². The second kappa shape index (κ2) is 4.69. The van der Waals surface area contributed by atoms with E-state index < -0.39 is 0 Å². The Balaban J connectivity index is 1.93. The summed E-state index contributed by atoms with van der Waals surface area (Å²) < 4.78 is 2.03. The van der Waals surface area contributed by atoms with Crippen molar-refractivity contribution in [3.63, 3.8) is 0 Å². The van der Waals surface area contributed by atoms with E-state index >= 15 is 0 Å². The van der Waals surface area contributed by atoms with Gasteiger partial charge in [0.15, 0.2) is 0 Å². The van der Waals surface area contributed by atoms with Gasteiger partial charge in [0.2, 0.25) is 5.95 Å². The molecule has 1 aliphatic rings. The number of likely N-dealkylation sites (N-methyl/N-ethyl adjacent to an activating group) is 1. The average molecular weight is 279 g/mol. The maximum atomic E-state index is 6.28. The Morgan fingerprint density at radius 1 is 1.53 bits per heavy atom. The molecule has 1 fully saturated rings. The number of anilines is 1. The highest BCUT2D eigenvalue weighted by atomic mass is 35.5. The fraction of sp³-hybridized carbons (Fsp3) is 0.500. The smallest absolute Gasteiger partial charge is 0.201 e. The molecule has 4 nitrogen and oxygen atoms in total. The number of halogens is 1. The van der Waals surface area contributed by atoms with Gasteiger partial charge in [0.25, 0.3) is 0 Å². The lowest BCUT2D eigenvalue weighted by Crippen LogP contribution is -2.34. The van der Waals surface area contributed by atoms with Crippen molar-refractivity contribution >= 4 is 28.6 Å². The number of hydrogen-bond donors (Lipinski definition) is 1. The number of fused-ring (bicyclic) bond motifs is 1. The number of benzene rings is 1. The standard InChI is InChI=1S/C14H19ClN4/c1-9(18(2)10-6-7-10)8-19-13-11(15)4-3-5-12(13)17-14(19)16/h3-5,9-10H,6-8H2,1-2H3,(H2,16,17). The minimum absolute atomic E-state index is 0.420. The molecule has 1 heterocycles. The molecule has 1 aromatic heterocycles. The number of nitrogens with two attached hydrogens (primary N) is 1. The second-order valence-electron chi connectivity index (χ2n) is 5.43. The van der Waals surface area contributed by atoms with E-state index in [1.165, 1.54) is 12.8 Å². The lowest BCUT2D eigenvalue weighted by Gasteiger charge is -2.25. The van der Waals surface area contributed by atoms with E-state index in [1.54, 1.807) is 0 Å². The van der Waals surface area contributed by atoms with E-state index in [0.717, 1.165) is 23.6 Å². The van der Waals surface area contributed by atoms with Crippen LogP contribution < -0.4 is 5.73 Å². The SMILES string of the molecule is CC(Cn1c(N)nc2cccc(Cl)c21)N(C)C1CC1. The first-order valence-corrected chi connectivity index (χ1v) is 7.08. The van der Waals surface area contributed by atoms with Gasteiger partial charge in [0.1, 0.15) is 0 Å². The van der Waals surface area contributed by atoms with Crippen LogP contribution in [0, 0.1) is 0 Å². The Labute approximate surface area is 118 Å². The van der Waals surface area contributed by atoms with Crippen LogP contribution in [0.2, 0.25) is 5.02 Å². The van der Waals surface area contributed by atoms with Gasteiger partial charge in [-0.1, -0.05) is 17.7 Å². The highest BCUT2D eigenvalue weighted by Gasteiger charge is 2.29. The summed E-state index contributed by atoms with van der Waals surface area (Å²) in [4.78, 5) is 6.80. The molecule has 3 rings (SSSR count). The van der Waals surface area contributed by atoms with E-state index in [4.69, 9.17) is 17.3 Å². The maximum absolute atomic E-state index is 6.28. The Morgan fingerprint density at radius 3 is 2.95 bits per heavy atom. The van der Waals surface area contributed by atoms with Gasteiger partial charge in [-0.15, -0.1) is 0 Å². The van der Waals surface area contributed by atoms with Crippen molar-refractivity contribution in [2.75, 3.05) is 12.8 Å². The van der Waals surface area contributed by atoms with Crippen molar-refractivity contribution in [3.05, 3.63) is 23.2 Å². The summed E-state index contributed by atoms with van der Waals surface area (Å²) in [6, 6.07) is 6.89. The van der Waals surface area contributed by atoms with Crippen LogP contribution in [-0.2, 0) is 6.54 Å². The minimum atomic E-state index is 0.420. The molecular formula is C14H19ClN4. The zero-order valence-corrected chi connectivity index (χ0v) is 12.1. The Morgan fingerprint density at radius 2 is 2.26 bits per heavy atom. The molecule has 1 unspecified atom stereocenters. The summed E-state index contributed by atoms with van der Waals surface area (Å²) in [5.74, 6) is 0.541. The molecule has 0 saturated heterocycles. The average Bonchev–Trinajstić information content (AvgIpc) is 3.16. The molecule has 2 aromatic rings. The molecule has 0 bridgehead atoms. The number of nitrogen functional groups attached to an aromatic ring is 1. The Kier molecular flexibility index (Phi) is 3.15. The highest BCUT2D eigenvalue weighted by Crippen LogP contribution is 2.29. The van der Waals surface area contributed by atoms with Gasteiger partial charge in [-0.25, -0.2) is 4.98 Å². The molecule has 0 spiro atoms. The molecule has 5 heteroatoms. The quantitative estimate of drug-likeness (QED) is 0.935. The summed E-state index contributed by atoms with van der Waals surface area (Å²) in [6.45, 7) is 3.04. The number of hydrogen-bond acceptors (Lipinski definition) is 3. The van der Waals surface area contributed by atoms with Gasteiger partial charge < -0.3 is 10.3 Å². The molecule has 19 heavy (non-hydrogen) atoms. The van der Waals surface area contributed by atoms with Gasteiger partial charge in [-0.3, -0.25) is 4.90 Å². The zero-order valence-electron chi connectivity index (χ0n) is 11.3. The molecule has 1 saturated carbocycles. The van der Waals surface area contributed by atoms with Gasteiger partial charge in [0.05, 0.1) is 16.1 Å². The van der Waals surface area contributed by atoms with E-state index in [2.05, 4.69) is 23.9 Å². The molecule has 1 atom stereocenters. The van der Waals surface area contributed by atoms with E-state index in [9.17, 15) is 0 Å². The van der Waals surface area contributed by atoms with Crippen molar-refractivity contribution in [2.45, 2.75) is 38.4 Å². The van der Waals surface area contributed by atoms with Crippen molar-refractivity contribution in [3.8, 4) is 0 Å². The third kappa shape index (κ3) is 2.30. The predicted molar refractivity (Wildman–Crippen MR) is 79.4 cm³/mol. The van der Waals surface area contributed by atoms with Crippen LogP contribution in [-0.4, -0.2) is 33.6 Å². The zero-order chi connectivity index (χ0) is 13.6. The lowest BCUT2D eigenvalue weighted by molar-refractivity contribution is 0.228. The monoisotopic (exact) mass is 278 g/mol. The van der Waals surface area contributed by atoms with Crippen LogP contribution in [0.1, 0.15) is 19.8 Å². The van der Waals surface area contributed by atoms with E-state index in [-0.39, 0.29) is 0 Å². The Hall–Kier alpha value is -1.26. The van der Waals surface area contributed by atoms with Crippen LogP contribution in [0.3, 0.4) is 0 Å². The van der Waals surface area contributed by atoms with Crippen molar-refractivity contribution in [1.82, 2.24) is 14.5 Å². The number of nitrogens with zero attached hydrogens (tertiary/aromatic N) is 3. The molecule has 0 amide bonds. The normalized spacial score (nSPS) is 17.3. The first kappa shape index (κ1) is 12.8. The van der Waals surface area contributed by atoms with Gasteiger partial charge >= 0.3 is 0 Å². The lowest BCUT2D eigenvalue weighted by atomic mass is 10.2. The van der Waals surface area contributed by atoms with Gasteiger partial charge in [-0.2, -0.15) is 0 Å². The van der Waals surface area contributed by atoms with Crippen molar-refractivity contribution < 1.29 is 0 Å². The summed E-state index contributed by atoms with van der Waals surface area (Å²) in [5, 5.41) is 0.711. The number of para-hydroxylation sites is 1. The molecule has 0 radical (unpaired) electrons. The topological polar surface area (TPSA) is 47.1 Å². The Bertz CT molecular complexity index is 603. The van der Waals surface area contributed by atoms with Crippen molar-refractivity contribution in [2.24, 2.45) is 0 Å². The van der Waals surface area contributed by atoms with Crippen LogP contribution >= 0.6 is 11.6 Å². The van der Waals surface area contributed by atoms with Gasteiger partial charge in [-0.05, 0) is 38.9 Å². The first-order valence-electron chi connectivity index (χ1n) is 6.70. The molecule has 2 N–H and O–H groups in total. The molecule has 1 aliphatic carbocycles. The molecule has 0 aliphatic heterocycles. The minimum Gasteiger partial charge on any atom is -0.369 e. The fourth-order valence-corrected chi connectivity index (χ4v) is 2.85. The van der Waals surface area contributed by atoms with E-state index in [1.807, 2.05) is 22.8 Å². The van der Waals surface area contributed by atoms with Crippen molar-refractivity contribution in [1.29, 1.82) is 0 Å². The summed E-state index contributed by atoms with van der Waals surface area (Å²) in [6.07, 6.45) is 2.61. The fourth-order valence-electron chi connectivity index (χ4n) is 2.58. The number of rotatable bonds is 4. The molecule has 1 aromatic carbocycles.